The Morgan fingerprint density at radius 1 is 1.33 bits per heavy atom. The zero-order chi connectivity index (χ0) is 9.80. The average Bonchev–Trinajstić information content (AvgIpc) is 2.23. The van der Waals surface area contributed by atoms with Crippen LogP contribution in [0.1, 0.15) is 12.8 Å². The predicted molar refractivity (Wildman–Crippen MR) is 63.0 cm³/mol. The number of aromatic nitrogens is 1. The topological polar surface area (TPSA) is 34.1 Å². The summed E-state index contributed by atoms with van der Waals surface area (Å²) in [5, 5.41) is 3.80. The van der Waals surface area contributed by atoms with E-state index in [1.165, 1.54) is 0 Å². The van der Waals surface area contributed by atoms with E-state index >= 15 is 0 Å². The maximum atomic E-state index is 5.75. The molecule has 0 amide bonds. The standard InChI is InChI=1S/C10H13ClN2O.ClH/c11-10-2-1-9(7-13-10)14-8-3-5-12-6-4-8;/h1-2,7-8,12H,3-6H2;1H. The van der Waals surface area contributed by atoms with Gasteiger partial charge in [0.2, 0.25) is 0 Å². The van der Waals surface area contributed by atoms with Crippen molar-refractivity contribution in [2.45, 2.75) is 18.9 Å². The largest absolute Gasteiger partial charge is 0.489 e. The summed E-state index contributed by atoms with van der Waals surface area (Å²) in [7, 11) is 0. The van der Waals surface area contributed by atoms with Crippen LogP contribution >= 0.6 is 24.0 Å². The first-order valence-corrected chi connectivity index (χ1v) is 5.21. The third-order valence-corrected chi connectivity index (χ3v) is 2.51. The monoisotopic (exact) mass is 248 g/mol. The van der Waals surface area contributed by atoms with E-state index in [0.29, 0.717) is 11.3 Å². The molecule has 2 rings (SSSR count). The molecule has 0 aliphatic carbocycles. The van der Waals surface area contributed by atoms with Gasteiger partial charge < -0.3 is 10.1 Å². The molecule has 5 heteroatoms. The highest BCUT2D eigenvalue weighted by atomic mass is 35.5. The maximum Gasteiger partial charge on any atom is 0.138 e. The van der Waals surface area contributed by atoms with Gasteiger partial charge in [-0.3, -0.25) is 0 Å². The van der Waals surface area contributed by atoms with Crippen molar-refractivity contribution >= 4 is 24.0 Å². The number of halogens is 2. The molecule has 1 aliphatic rings. The van der Waals surface area contributed by atoms with Gasteiger partial charge in [0.1, 0.15) is 17.0 Å². The minimum atomic E-state index is 0. The number of hydrogen-bond donors (Lipinski definition) is 1. The van der Waals surface area contributed by atoms with E-state index in [2.05, 4.69) is 10.3 Å². The molecule has 0 bridgehead atoms. The summed E-state index contributed by atoms with van der Waals surface area (Å²) in [6, 6.07) is 3.61. The number of pyridine rings is 1. The minimum absolute atomic E-state index is 0. The van der Waals surface area contributed by atoms with Crippen molar-refractivity contribution in [3.63, 3.8) is 0 Å². The first kappa shape index (κ1) is 12.6. The van der Waals surface area contributed by atoms with E-state index in [1.54, 1.807) is 12.3 Å². The third kappa shape index (κ3) is 3.86. The van der Waals surface area contributed by atoms with Gasteiger partial charge in [0.15, 0.2) is 0 Å². The number of rotatable bonds is 2. The third-order valence-electron chi connectivity index (χ3n) is 2.29. The van der Waals surface area contributed by atoms with Crippen LogP contribution in [0.2, 0.25) is 5.15 Å². The molecule has 1 saturated heterocycles. The summed E-state index contributed by atoms with van der Waals surface area (Å²) >= 11 is 5.68. The van der Waals surface area contributed by atoms with E-state index in [0.717, 1.165) is 31.7 Å². The van der Waals surface area contributed by atoms with Gasteiger partial charge in [0, 0.05) is 0 Å². The molecule has 1 N–H and O–H groups in total. The fraction of sp³-hybridized carbons (Fsp3) is 0.500. The molecule has 84 valence electrons. The zero-order valence-electron chi connectivity index (χ0n) is 8.28. The van der Waals surface area contributed by atoms with Crippen molar-refractivity contribution < 1.29 is 4.74 Å². The molecule has 0 atom stereocenters. The highest BCUT2D eigenvalue weighted by Crippen LogP contribution is 2.16. The molecule has 3 nitrogen and oxygen atoms in total. The molecule has 1 aromatic heterocycles. The Balaban J connectivity index is 0.00000112. The average molecular weight is 249 g/mol. The summed E-state index contributed by atoms with van der Waals surface area (Å²) < 4.78 is 5.75. The van der Waals surface area contributed by atoms with Crippen molar-refractivity contribution in [1.82, 2.24) is 10.3 Å². The molecule has 1 aliphatic heterocycles. The van der Waals surface area contributed by atoms with E-state index in [4.69, 9.17) is 16.3 Å². The second-order valence-corrected chi connectivity index (χ2v) is 3.77. The van der Waals surface area contributed by atoms with Crippen LogP contribution < -0.4 is 10.1 Å². The molecule has 0 aromatic carbocycles. The molecule has 0 unspecified atom stereocenters. The number of nitrogens with one attached hydrogen (secondary N) is 1. The summed E-state index contributed by atoms with van der Waals surface area (Å²) in [6.45, 7) is 2.07. The lowest BCUT2D eigenvalue weighted by Gasteiger charge is -2.23. The lowest BCUT2D eigenvalue weighted by atomic mass is 10.1. The fourth-order valence-electron chi connectivity index (χ4n) is 1.54. The number of nitrogens with zero attached hydrogens (tertiary/aromatic N) is 1. The quantitative estimate of drug-likeness (QED) is 0.816. The van der Waals surface area contributed by atoms with E-state index in [9.17, 15) is 0 Å². The van der Waals surface area contributed by atoms with Gasteiger partial charge in [-0.05, 0) is 38.1 Å². The molecule has 0 spiro atoms. The van der Waals surface area contributed by atoms with E-state index < -0.39 is 0 Å². The molecule has 1 aromatic rings. The Morgan fingerprint density at radius 2 is 2.07 bits per heavy atom. The van der Waals surface area contributed by atoms with Crippen LogP contribution in [0.25, 0.3) is 0 Å². The lowest BCUT2D eigenvalue weighted by Crippen LogP contribution is -2.34. The first-order chi connectivity index (χ1) is 6.84. The van der Waals surface area contributed by atoms with Gasteiger partial charge in [-0.25, -0.2) is 4.98 Å². The minimum Gasteiger partial charge on any atom is -0.489 e. The van der Waals surface area contributed by atoms with Crippen LogP contribution in [0, 0.1) is 0 Å². The van der Waals surface area contributed by atoms with Gasteiger partial charge in [-0.1, -0.05) is 11.6 Å². The van der Waals surface area contributed by atoms with E-state index in [-0.39, 0.29) is 12.4 Å². The smallest absolute Gasteiger partial charge is 0.138 e. The van der Waals surface area contributed by atoms with Crippen LogP contribution in [-0.2, 0) is 0 Å². The van der Waals surface area contributed by atoms with Crippen molar-refractivity contribution in [2.75, 3.05) is 13.1 Å². The lowest BCUT2D eigenvalue weighted by molar-refractivity contribution is 0.162. The highest BCUT2D eigenvalue weighted by molar-refractivity contribution is 6.29. The Hall–Kier alpha value is -0.510. The number of hydrogen-bond acceptors (Lipinski definition) is 3. The summed E-state index contributed by atoms with van der Waals surface area (Å²) in [4.78, 5) is 3.97. The molecule has 15 heavy (non-hydrogen) atoms. The van der Waals surface area contributed by atoms with Crippen molar-refractivity contribution in [3.05, 3.63) is 23.5 Å². The molecular weight excluding hydrogens is 235 g/mol. The van der Waals surface area contributed by atoms with Gasteiger partial charge in [0.05, 0.1) is 6.20 Å². The maximum absolute atomic E-state index is 5.75. The first-order valence-electron chi connectivity index (χ1n) is 4.83. The summed E-state index contributed by atoms with van der Waals surface area (Å²) in [5.74, 6) is 0.807. The van der Waals surface area contributed by atoms with Crippen LogP contribution in [0.5, 0.6) is 5.75 Å². The highest BCUT2D eigenvalue weighted by Gasteiger charge is 2.14. The second-order valence-electron chi connectivity index (χ2n) is 3.38. The van der Waals surface area contributed by atoms with Crippen LogP contribution in [0.15, 0.2) is 18.3 Å². The van der Waals surface area contributed by atoms with Crippen LogP contribution in [0.3, 0.4) is 0 Å². The number of ether oxygens (including phenoxy) is 1. The summed E-state index contributed by atoms with van der Waals surface area (Å²) in [6.07, 6.45) is 4.11. The van der Waals surface area contributed by atoms with Crippen LogP contribution in [-0.4, -0.2) is 24.2 Å². The van der Waals surface area contributed by atoms with Gasteiger partial charge in [-0.15, -0.1) is 12.4 Å². The molecule has 0 radical (unpaired) electrons. The van der Waals surface area contributed by atoms with Crippen LogP contribution in [0.4, 0.5) is 0 Å². The zero-order valence-corrected chi connectivity index (χ0v) is 9.85. The predicted octanol–water partition coefficient (Wildman–Crippen LogP) is 2.29. The normalized spacial score (nSPS) is 16.9. The fourth-order valence-corrected chi connectivity index (χ4v) is 1.65. The van der Waals surface area contributed by atoms with E-state index in [1.807, 2.05) is 6.07 Å². The number of piperidine rings is 1. The Bertz CT molecular complexity index is 286. The van der Waals surface area contributed by atoms with Crippen molar-refractivity contribution in [3.8, 4) is 5.75 Å². The molecular formula is C10H14Cl2N2O. The Morgan fingerprint density at radius 3 is 2.67 bits per heavy atom. The Labute approximate surface area is 101 Å². The van der Waals surface area contributed by atoms with Crippen molar-refractivity contribution in [1.29, 1.82) is 0 Å². The van der Waals surface area contributed by atoms with Crippen molar-refractivity contribution in [2.24, 2.45) is 0 Å². The van der Waals surface area contributed by atoms with Gasteiger partial charge in [0.25, 0.3) is 0 Å². The summed E-state index contributed by atoms with van der Waals surface area (Å²) in [5.41, 5.74) is 0. The molecule has 2 heterocycles. The molecule has 1 fully saturated rings. The second kappa shape index (κ2) is 6.16. The van der Waals surface area contributed by atoms with Gasteiger partial charge in [-0.2, -0.15) is 0 Å². The Kier molecular flexibility index (Phi) is 5.15. The SMILES string of the molecule is Cl.Clc1ccc(OC2CCNCC2)cn1. The molecule has 0 saturated carbocycles. The van der Waals surface area contributed by atoms with Gasteiger partial charge >= 0.3 is 0 Å².